The van der Waals surface area contributed by atoms with Crippen molar-refractivity contribution in [1.82, 2.24) is 0 Å². The molecule has 1 aliphatic rings. The van der Waals surface area contributed by atoms with E-state index in [2.05, 4.69) is 10.5 Å². The van der Waals surface area contributed by atoms with E-state index in [4.69, 9.17) is 0 Å². The van der Waals surface area contributed by atoms with E-state index >= 15 is 0 Å². The number of anilines is 1. The molecule has 2 aromatic rings. The Labute approximate surface area is 131 Å². The average Bonchev–Trinajstić information content (AvgIpc) is 2.87. The van der Waals surface area contributed by atoms with Crippen LogP contribution in [0.4, 0.5) is 15.8 Å². The van der Waals surface area contributed by atoms with E-state index in [1.165, 1.54) is 24.3 Å². The van der Waals surface area contributed by atoms with E-state index in [0.29, 0.717) is 28.9 Å². The summed E-state index contributed by atoms with van der Waals surface area (Å²) in [5, 5.41) is 25.0. The van der Waals surface area contributed by atoms with Crippen molar-refractivity contribution in [3.05, 3.63) is 63.5 Å². The van der Waals surface area contributed by atoms with Gasteiger partial charge in [0.2, 0.25) is 0 Å². The van der Waals surface area contributed by atoms with E-state index in [0.717, 1.165) is 0 Å². The van der Waals surface area contributed by atoms with Crippen molar-refractivity contribution in [2.45, 2.75) is 19.3 Å². The number of hydrogen-bond donors (Lipinski definition) is 2. The number of benzene rings is 2. The Morgan fingerprint density at radius 2 is 2.17 bits per heavy atom. The second-order valence-corrected chi connectivity index (χ2v) is 5.44. The predicted octanol–water partition coefficient (Wildman–Crippen LogP) is 3.76. The fourth-order valence-corrected chi connectivity index (χ4v) is 2.78. The van der Waals surface area contributed by atoms with Crippen LogP contribution in [0.1, 0.15) is 30.4 Å². The van der Waals surface area contributed by atoms with Crippen LogP contribution in [0.25, 0.3) is 0 Å². The van der Waals surface area contributed by atoms with Gasteiger partial charge < -0.3 is 5.11 Å². The van der Waals surface area contributed by atoms with Crippen molar-refractivity contribution < 1.29 is 14.4 Å². The van der Waals surface area contributed by atoms with E-state index < -0.39 is 4.92 Å². The monoisotopic (exact) mass is 315 g/mol. The topological polar surface area (TPSA) is 87.8 Å². The third kappa shape index (κ3) is 2.73. The van der Waals surface area contributed by atoms with Gasteiger partial charge in [0, 0.05) is 23.3 Å². The average molecular weight is 315 g/mol. The highest BCUT2D eigenvalue weighted by molar-refractivity contribution is 6.07. The van der Waals surface area contributed by atoms with Gasteiger partial charge in [-0.05, 0) is 30.5 Å². The van der Waals surface area contributed by atoms with Crippen molar-refractivity contribution in [1.29, 1.82) is 0 Å². The summed E-state index contributed by atoms with van der Waals surface area (Å²) >= 11 is 0. The van der Waals surface area contributed by atoms with Gasteiger partial charge in [-0.25, -0.2) is 4.39 Å². The normalized spacial score (nSPS) is 18.0. The number of nitrogens with zero attached hydrogens (tertiary/aromatic N) is 2. The number of phenols is 1. The second-order valence-electron chi connectivity index (χ2n) is 5.44. The van der Waals surface area contributed by atoms with Gasteiger partial charge in [0.25, 0.3) is 5.69 Å². The summed E-state index contributed by atoms with van der Waals surface area (Å²) in [4.78, 5) is 10.3. The van der Waals surface area contributed by atoms with Gasteiger partial charge >= 0.3 is 0 Å². The molecule has 23 heavy (non-hydrogen) atoms. The summed E-state index contributed by atoms with van der Waals surface area (Å²) in [5.74, 6) is -0.487. The first kappa shape index (κ1) is 15.0. The quantitative estimate of drug-likeness (QED) is 0.667. The van der Waals surface area contributed by atoms with Crippen LogP contribution in [0.3, 0.4) is 0 Å². The Hall–Kier alpha value is -2.96. The van der Waals surface area contributed by atoms with Crippen molar-refractivity contribution in [2.24, 2.45) is 5.10 Å². The van der Waals surface area contributed by atoms with E-state index in [-0.39, 0.29) is 23.2 Å². The minimum atomic E-state index is -0.494. The molecule has 0 aromatic heterocycles. The molecule has 0 heterocycles. The number of fused-ring (bicyclic) bond motifs is 1. The highest BCUT2D eigenvalue weighted by Crippen LogP contribution is 2.39. The van der Waals surface area contributed by atoms with Crippen LogP contribution in [0.2, 0.25) is 0 Å². The fourth-order valence-electron chi connectivity index (χ4n) is 2.78. The van der Waals surface area contributed by atoms with Gasteiger partial charge in [-0.15, -0.1) is 0 Å². The molecule has 1 atom stereocenters. The van der Waals surface area contributed by atoms with Gasteiger partial charge in [0.15, 0.2) is 0 Å². The highest BCUT2D eigenvalue weighted by atomic mass is 19.1. The second kappa shape index (κ2) is 5.68. The summed E-state index contributed by atoms with van der Waals surface area (Å²) < 4.78 is 13.9. The van der Waals surface area contributed by atoms with Crippen LogP contribution < -0.4 is 5.43 Å². The highest BCUT2D eigenvalue weighted by Gasteiger charge is 2.30. The molecule has 0 saturated carbocycles. The lowest BCUT2D eigenvalue weighted by Gasteiger charge is -2.06. The maximum atomic E-state index is 13.9. The molecular weight excluding hydrogens is 301 g/mol. The minimum absolute atomic E-state index is 0.0228. The maximum Gasteiger partial charge on any atom is 0.271 e. The Balaban J connectivity index is 1.93. The van der Waals surface area contributed by atoms with Crippen molar-refractivity contribution in [2.75, 3.05) is 5.43 Å². The smallest absolute Gasteiger partial charge is 0.271 e. The molecule has 0 aliphatic heterocycles. The third-order valence-corrected chi connectivity index (χ3v) is 3.83. The molecule has 1 aliphatic carbocycles. The number of hydrazone groups is 1. The molecule has 0 bridgehead atoms. The van der Waals surface area contributed by atoms with Crippen LogP contribution >= 0.6 is 0 Å². The zero-order chi connectivity index (χ0) is 16.6. The molecule has 3 rings (SSSR count). The standard InChI is InChI=1S/C16H14FN3O3/c1-9-7-13(16-14(21)6-5-12(17)15(9)16)19-18-10-3-2-4-11(8-10)20(22)23/h2-6,8-9,18,21H,7H2,1H3/b19-13+/t9-/m0/s1. The van der Waals surface area contributed by atoms with Gasteiger partial charge in [-0.3, -0.25) is 15.5 Å². The van der Waals surface area contributed by atoms with Gasteiger partial charge in [-0.2, -0.15) is 5.10 Å². The van der Waals surface area contributed by atoms with Crippen LogP contribution in [-0.2, 0) is 0 Å². The molecule has 2 aromatic carbocycles. The molecule has 7 heteroatoms. The Morgan fingerprint density at radius 1 is 1.39 bits per heavy atom. The summed E-state index contributed by atoms with van der Waals surface area (Å²) in [6, 6.07) is 8.46. The minimum Gasteiger partial charge on any atom is -0.507 e. The number of nitrogens with one attached hydrogen (secondary N) is 1. The number of rotatable bonds is 3. The Morgan fingerprint density at radius 3 is 2.91 bits per heavy atom. The number of phenolic OH excluding ortho intramolecular Hbond substituents is 1. The molecule has 0 fully saturated rings. The maximum absolute atomic E-state index is 13.9. The third-order valence-electron chi connectivity index (χ3n) is 3.83. The molecule has 0 unspecified atom stereocenters. The van der Waals surface area contributed by atoms with E-state index in [1.54, 1.807) is 12.1 Å². The van der Waals surface area contributed by atoms with Crippen LogP contribution in [0.15, 0.2) is 41.5 Å². The number of hydrogen-bond acceptors (Lipinski definition) is 5. The van der Waals surface area contributed by atoms with Gasteiger partial charge in [0.05, 0.1) is 16.3 Å². The first-order chi connectivity index (χ1) is 11.0. The first-order valence-corrected chi connectivity index (χ1v) is 7.06. The van der Waals surface area contributed by atoms with Crippen LogP contribution in [0.5, 0.6) is 5.75 Å². The number of aromatic hydroxyl groups is 1. The van der Waals surface area contributed by atoms with E-state index in [1.807, 2.05) is 6.92 Å². The molecule has 6 nitrogen and oxygen atoms in total. The lowest BCUT2D eigenvalue weighted by atomic mass is 10.0. The van der Waals surface area contributed by atoms with Crippen LogP contribution in [0, 0.1) is 15.9 Å². The predicted molar refractivity (Wildman–Crippen MR) is 84.4 cm³/mol. The SMILES string of the molecule is C[C@H]1C/C(=N\Nc2cccc([N+](=O)[O-])c2)c2c(O)ccc(F)c21. The number of nitro groups is 1. The summed E-state index contributed by atoms with van der Waals surface area (Å²) in [6.45, 7) is 1.86. The lowest BCUT2D eigenvalue weighted by molar-refractivity contribution is -0.384. The van der Waals surface area contributed by atoms with Crippen molar-refractivity contribution in [3.63, 3.8) is 0 Å². The molecule has 2 N–H and O–H groups in total. The Bertz CT molecular complexity index is 820. The summed E-state index contributed by atoms with van der Waals surface area (Å²) in [6.07, 6.45) is 0.478. The van der Waals surface area contributed by atoms with Crippen molar-refractivity contribution in [3.8, 4) is 5.75 Å². The number of halogens is 1. The largest absolute Gasteiger partial charge is 0.507 e. The van der Waals surface area contributed by atoms with Gasteiger partial charge in [0.1, 0.15) is 11.6 Å². The number of non-ortho nitro benzene ring substituents is 1. The van der Waals surface area contributed by atoms with Crippen LogP contribution in [-0.4, -0.2) is 15.7 Å². The zero-order valence-corrected chi connectivity index (χ0v) is 12.3. The number of nitro benzene ring substituents is 1. The van der Waals surface area contributed by atoms with Crippen molar-refractivity contribution >= 4 is 17.1 Å². The molecular formula is C16H14FN3O3. The van der Waals surface area contributed by atoms with E-state index in [9.17, 15) is 19.6 Å². The molecule has 0 spiro atoms. The molecule has 0 saturated heterocycles. The molecule has 0 amide bonds. The molecule has 118 valence electrons. The summed E-state index contributed by atoms with van der Waals surface area (Å²) in [7, 11) is 0. The zero-order valence-electron chi connectivity index (χ0n) is 12.3. The fraction of sp³-hybridized carbons (Fsp3) is 0.188. The Kier molecular flexibility index (Phi) is 3.69. The van der Waals surface area contributed by atoms with Gasteiger partial charge in [-0.1, -0.05) is 13.0 Å². The summed E-state index contributed by atoms with van der Waals surface area (Å²) in [5.41, 5.74) is 4.51. The first-order valence-electron chi connectivity index (χ1n) is 7.06. The lowest BCUT2D eigenvalue weighted by Crippen LogP contribution is -2.01. The molecule has 0 radical (unpaired) electrons.